The van der Waals surface area contributed by atoms with Gasteiger partial charge in [0.1, 0.15) is 10.5 Å². The molecule has 0 saturated heterocycles. The molecule has 1 saturated carbocycles. The zero-order valence-corrected chi connectivity index (χ0v) is 16.4. The molecule has 1 aliphatic carbocycles. The number of halogens is 2. The fourth-order valence-corrected chi connectivity index (χ4v) is 5.95. The minimum Gasteiger partial charge on any atom is -0.611 e. The van der Waals surface area contributed by atoms with Crippen LogP contribution in [-0.4, -0.2) is 26.9 Å². The molecular weight excluding hydrogens is 458 g/mol. The van der Waals surface area contributed by atoms with Crippen LogP contribution in [0, 0.1) is 0 Å². The van der Waals surface area contributed by atoms with Gasteiger partial charge >= 0.3 is 0 Å². The number of phenolic OH excluding ortho intramolecular Hbond substituents is 1. The Morgan fingerprint density at radius 2 is 1.83 bits per heavy atom. The maximum atomic E-state index is 13.1. The van der Waals surface area contributed by atoms with E-state index in [1.54, 1.807) is 17.0 Å². The van der Waals surface area contributed by atoms with Crippen LogP contribution in [0.25, 0.3) is 0 Å². The number of hydrogen-bond acceptors (Lipinski definition) is 3. The number of phenols is 1. The molecule has 1 N–H and O–H groups in total. The first-order chi connectivity index (χ1) is 11.4. The molecular formula is C17H13Br2NO3S. The molecule has 1 fully saturated rings. The van der Waals surface area contributed by atoms with Crippen LogP contribution in [0.2, 0.25) is 0 Å². The van der Waals surface area contributed by atoms with Crippen LogP contribution >= 0.6 is 31.9 Å². The highest BCUT2D eigenvalue weighted by Crippen LogP contribution is 2.53. The summed E-state index contributed by atoms with van der Waals surface area (Å²) in [7, 11) is 0. The van der Waals surface area contributed by atoms with Crippen LogP contribution in [0.5, 0.6) is 5.75 Å². The molecule has 1 unspecified atom stereocenters. The van der Waals surface area contributed by atoms with E-state index in [0.29, 0.717) is 26.7 Å². The molecule has 4 nitrogen and oxygen atoms in total. The second-order valence-corrected chi connectivity index (χ2v) is 9.65. The highest BCUT2D eigenvalue weighted by molar-refractivity contribution is 9.11. The Morgan fingerprint density at radius 3 is 2.46 bits per heavy atom. The second-order valence-electron chi connectivity index (χ2n) is 6.10. The standard InChI is InChI=1S/C17H13Br2NO3S/c18-11-7-10(8-12(19)15(11)21)16(22)20-9-17(5-6-17)24(23)14-4-2-1-3-13(14)20/h1-4,7-8,21H,5-6,9H2. The number of para-hydroxylation sites is 1. The van der Waals surface area contributed by atoms with Crippen molar-refractivity contribution in [1.82, 2.24) is 0 Å². The molecule has 0 aromatic heterocycles. The average molecular weight is 471 g/mol. The number of hydrogen-bond donors (Lipinski definition) is 1. The van der Waals surface area contributed by atoms with Gasteiger partial charge in [0.15, 0.2) is 4.90 Å². The van der Waals surface area contributed by atoms with E-state index >= 15 is 0 Å². The number of carbonyl (C=O) groups is 1. The van der Waals surface area contributed by atoms with E-state index in [4.69, 9.17) is 0 Å². The molecule has 1 spiro atoms. The minimum atomic E-state index is -1.07. The number of aromatic hydroxyl groups is 1. The van der Waals surface area contributed by atoms with E-state index in [9.17, 15) is 14.5 Å². The van der Waals surface area contributed by atoms with Gasteiger partial charge in [-0.25, -0.2) is 0 Å². The Bertz CT molecular complexity index is 830. The fourth-order valence-electron chi connectivity index (χ4n) is 3.01. The highest BCUT2D eigenvalue weighted by Gasteiger charge is 2.60. The Balaban J connectivity index is 1.79. The lowest BCUT2D eigenvalue weighted by atomic mass is 10.1. The van der Waals surface area contributed by atoms with E-state index < -0.39 is 11.2 Å². The summed E-state index contributed by atoms with van der Waals surface area (Å²) in [5, 5.41) is 9.85. The van der Waals surface area contributed by atoms with E-state index in [1.165, 1.54) is 0 Å². The molecule has 2 aromatic rings. The van der Waals surface area contributed by atoms with Crippen LogP contribution in [-0.2, 0) is 11.2 Å². The molecule has 2 aliphatic rings. The maximum absolute atomic E-state index is 13.1. The van der Waals surface area contributed by atoms with Crippen molar-refractivity contribution >= 4 is 54.6 Å². The molecule has 1 aliphatic heterocycles. The quantitative estimate of drug-likeness (QED) is 0.634. The number of amides is 1. The summed E-state index contributed by atoms with van der Waals surface area (Å²) in [6.45, 7) is 0.464. The van der Waals surface area contributed by atoms with Gasteiger partial charge < -0.3 is 9.66 Å². The summed E-state index contributed by atoms with van der Waals surface area (Å²) >= 11 is 5.46. The van der Waals surface area contributed by atoms with Crippen molar-refractivity contribution in [3.05, 3.63) is 50.9 Å². The Morgan fingerprint density at radius 1 is 1.21 bits per heavy atom. The van der Waals surface area contributed by atoms with E-state index in [1.807, 2.05) is 24.3 Å². The zero-order chi connectivity index (χ0) is 17.1. The predicted molar refractivity (Wildman–Crippen MR) is 100.0 cm³/mol. The lowest BCUT2D eigenvalue weighted by Crippen LogP contribution is -2.47. The Hall–Kier alpha value is -1.02. The van der Waals surface area contributed by atoms with Crippen molar-refractivity contribution in [2.75, 3.05) is 11.4 Å². The van der Waals surface area contributed by atoms with Crippen molar-refractivity contribution in [1.29, 1.82) is 0 Å². The van der Waals surface area contributed by atoms with Crippen molar-refractivity contribution in [2.24, 2.45) is 0 Å². The summed E-state index contributed by atoms with van der Waals surface area (Å²) < 4.78 is 13.4. The third kappa shape index (κ3) is 2.49. The van der Waals surface area contributed by atoms with Gasteiger partial charge in [0, 0.05) is 18.4 Å². The monoisotopic (exact) mass is 469 g/mol. The molecule has 2 aromatic carbocycles. The summed E-state index contributed by atoms with van der Waals surface area (Å²) in [5.41, 5.74) is 1.17. The van der Waals surface area contributed by atoms with Crippen LogP contribution < -0.4 is 4.90 Å². The molecule has 24 heavy (non-hydrogen) atoms. The SMILES string of the molecule is O=C(c1cc(Br)c(O)c(Br)c1)N1CC2(CC2)[S+]([O-])c2ccccc21. The number of anilines is 1. The predicted octanol–water partition coefficient (Wildman–Crippen LogP) is 4.22. The van der Waals surface area contributed by atoms with Gasteiger partial charge in [-0.1, -0.05) is 12.1 Å². The topological polar surface area (TPSA) is 63.6 Å². The number of carbonyl (C=O) groups excluding carboxylic acids is 1. The van der Waals surface area contributed by atoms with Crippen LogP contribution in [0.15, 0.2) is 50.2 Å². The third-order valence-electron chi connectivity index (χ3n) is 4.51. The summed E-state index contributed by atoms with van der Waals surface area (Å²) in [6, 6.07) is 10.6. The lowest BCUT2D eigenvalue weighted by molar-refractivity contribution is 0.0985. The number of rotatable bonds is 1. The highest BCUT2D eigenvalue weighted by atomic mass is 79.9. The molecule has 1 heterocycles. The molecule has 7 heteroatoms. The van der Waals surface area contributed by atoms with Gasteiger partial charge in [-0.15, -0.1) is 0 Å². The Labute approximate surface area is 159 Å². The first kappa shape index (κ1) is 16.4. The largest absolute Gasteiger partial charge is 0.611 e. The molecule has 1 amide bonds. The fraction of sp³-hybridized carbons (Fsp3) is 0.235. The van der Waals surface area contributed by atoms with Gasteiger partial charge in [0.05, 0.1) is 21.2 Å². The summed E-state index contributed by atoms with van der Waals surface area (Å²) in [6.07, 6.45) is 1.75. The van der Waals surface area contributed by atoms with Gasteiger partial charge in [-0.2, -0.15) is 0 Å². The normalized spacial score (nSPS) is 20.8. The van der Waals surface area contributed by atoms with Crippen molar-refractivity contribution in [3.63, 3.8) is 0 Å². The molecule has 0 bridgehead atoms. The lowest BCUT2D eigenvalue weighted by Gasteiger charge is -2.35. The first-order valence-corrected chi connectivity index (χ1v) is 10.2. The van der Waals surface area contributed by atoms with Crippen LogP contribution in [0.3, 0.4) is 0 Å². The van der Waals surface area contributed by atoms with Crippen molar-refractivity contribution < 1.29 is 14.5 Å². The third-order valence-corrected chi connectivity index (χ3v) is 7.79. The molecule has 124 valence electrons. The summed E-state index contributed by atoms with van der Waals surface area (Å²) in [5.74, 6) is -0.0998. The second kappa shape index (κ2) is 5.76. The zero-order valence-electron chi connectivity index (χ0n) is 12.5. The van der Waals surface area contributed by atoms with E-state index in [-0.39, 0.29) is 16.4 Å². The molecule has 1 atom stereocenters. The maximum Gasteiger partial charge on any atom is 0.258 e. The van der Waals surface area contributed by atoms with E-state index in [2.05, 4.69) is 31.9 Å². The first-order valence-electron chi connectivity index (χ1n) is 7.44. The van der Waals surface area contributed by atoms with Gasteiger partial charge in [-0.05, 0) is 67.3 Å². The molecule has 4 rings (SSSR count). The number of fused-ring (bicyclic) bond motifs is 1. The van der Waals surface area contributed by atoms with E-state index in [0.717, 1.165) is 17.7 Å². The van der Waals surface area contributed by atoms with Crippen LogP contribution in [0.1, 0.15) is 23.2 Å². The molecule has 0 radical (unpaired) electrons. The number of benzene rings is 2. The number of nitrogens with zero attached hydrogens (tertiary/aromatic N) is 1. The van der Waals surface area contributed by atoms with Crippen LogP contribution in [0.4, 0.5) is 5.69 Å². The van der Waals surface area contributed by atoms with Crippen molar-refractivity contribution in [3.8, 4) is 5.75 Å². The smallest absolute Gasteiger partial charge is 0.258 e. The average Bonchev–Trinajstić information content (AvgIpc) is 3.36. The van der Waals surface area contributed by atoms with Crippen molar-refractivity contribution in [2.45, 2.75) is 22.5 Å². The Kier molecular flexibility index (Phi) is 3.95. The minimum absolute atomic E-state index is 0.0605. The van der Waals surface area contributed by atoms with Gasteiger partial charge in [-0.3, -0.25) is 9.69 Å². The van der Waals surface area contributed by atoms with Gasteiger partial charge in [0.2, 0.25) is 0 Å². The summed E-state index contributed by atoms with van der Waals surface area (Å²) in [4.78, 5) is 15.5. The van der Waals surface area contributed by atoms with Gasteiger partial charge in [0.25, 0.3) is 5.91 Å².